The summed E-state index contributed by atoms with van der Waals surface area (Å²) in [5, 5.41) is 3.33. The second-order valence-corrected chi connectivity index (χ2v) is 6.87. The molecule has 0 aromatic carbocycles. The highest BCUT2D eigenvalue weighted by molar-refractivity contribution is 5.85. The van der Waals surface area contributed by atoms with Gasteiger partial charge in [0, 0.05) is 19.0 Å². The van der Waals surface area contributed by atoms with Gasteiger partial charge in [-0.3, -0.25) is 4.79 Å². The molecule has 1 saturated carbocycles. The standard InChI is InChI=1S/C15H28N2O.ClH/c1-15(2)8-4-13(5-9-15)17(3)14(18)12-6-10-16-11-7-12;/h12-13,16H,4-11H2,1-3H3;1H. The number of amides is 1. The molecule has 4 heteroatoms. The number of nitrogens with zero attached hydrogens (tertiary/aromatic N) is 1. The van der Waals surface area contributed by atoms with E-state index in [1.165, 1.54) is 25.7 Å². The summed E-state index contributed by atoms with van der Waals surface area (Å²) in [4.78, 5) is 14.5. The molecule has 0 spiro atoms. The molecule has 1 aliphatic carbocycles. The molecule has 1 heterocycles. The molecule has 1 saturated heterocycles. The number of piperidine rings is 1. The molecule has 112 valence electrons. The molecule has 0 bridgehead atoms. The van der Waals surface area contributed by atoms with Gasteiger partial charge in [-0.15, -0.1) is 12.4 Å². The number of carbonyl (C=O) groups excluding carboxylic acids is 1. The summed E-state index contributed by atoms with van der Waals surface area (Å²) in [6.07, 6.45) is 6.90. The van der Waals surface area contributed by atoms with Gasteiger partial charge in [0.15, 0.2) is 0 Å². The fraction of sp³-hybridized carbons (Fsp3) is 0.933. The topological polar surface area (TPSA) is 32.3 Å². The molecule has 3 nitrogen and oxygen atoms in total. The van der Waals surface area contributed by atoms with E-state index >= 15 is 0 Å². The van der Waals surface area contributed by atoms with Crippen molar-refractivity contribution in [3.63, 3.8) is 0 Å². The second kappa shape index (κ2) is 6.94. The van der Waals surface area contributed by atoms with E-state index in [1.807, 2.05) is 7.05 Å². The van der Waals surface area contributed by atoms with Crippen molar-refractivity contribution in [1.29, 1.82) is 0 Å². The minimum absolute atomic E-state index is 0. The van der Waals surface area contributed by atoms with E-state index in [0.29, 0.717) is 17.4 Å². The maximum absolute atomic E-state index is 12.5. The molecule has 2 rings (SSSR count). The first kappa shape index (κ1) is 16.8. The van der Waals surface area contributed by atoms with Crippen LogP contribution in [0.25, 0.3) is 0 Å². The first-order chi connectivity index (χ1) is 8.49. The van der Waals surface area contributed by atoms with Crippen LogP contribution in [0.3, 0.4) is 0 Å². The van der Waals surface area contributed by atoms with E-state index in [9.17, 15) is 4.79 Å². The third-order valence-corrected chi connectivity index (χ3v) is 4.89. The van der Waals surface area contributed by atoms with Crippen molar-refractivity contribution in [3.8, 4) is 0 Å². The zero-order chi connectivity index (χ0) is 13.2. The average Bonchev–Trinajstić information content (AvgIpc) is 2.38. The fourth-order valence-corrected chi connectivity index (χ4v) is 3.31. The molecule has 0 aromatic rings. The fourth-order valence-electron chi connectivity index (χ4n) is 3.31. The van der Waals surface area contributed by atoms with Gasteiger partial charge in [-0.2, -0.15) is 0 Å². The molecule has 2 fully saturated rings. The van der Waals surface area contributed by atoms with Crippen LogP contribution in [0.1, 0.15) is 52.4 Å². The summed E-state index contributed by atoms with van der Waals surface area (Å²) >= 11 is 0. The third kappa shape index (κ3) is 4.35. The van der Waals surface area contributed by atoms with E-state index in [2.05, 4.69) is 24.1 Å². The lowest BCUT2D eigenvalue weighted by molar-refractivity contribution is -0.138. The van der Waals surface area contributed by atoms with Crippen molar-refractivity contribution in [2.45, 2.75) is 58.4 Å². The Balaban J connectivity index is 0.00000180. The normalized spacial score (nSPS) is 24.6. The van der Waals surface area contributed by atoms with Crippen molar-refractivity contribution in [2.24, 2.45) is 11.3 Å². The number of carbonyl (C=O) groups is 1. The van der Waals surface area contributed by atoms with E-state index in [0.717, 1.165) is 25.9 Å². The minimum Gasteiger partial charge on any atom is -0.343 e. The van der Waals surface area contributed by atoms with Crippen molar-refractivity contribution in [2.75, 3.05) is 20.1 Å². The molecule has 0 aromatic heterocycles. The monoisotopic (exact) mass is 288 g/mol. The van der Waals surface area contributed by atoms with Crippen molar-refractivity contribution in [3.05, 3.63) is 0 Å². The van der Waals surface area contributed by atoms with Crippen molar-refractivity contribution < 1.29 is 4.79 Å². The highest BCUT2D eigenvalue weighted by Crippen LogP contribution is 2.37. The van der Waals surface area contributed by atoms with Gasteiger partial charge < -0.3 is 10.2 Å². The Morgan fingerprint density at radius 1 is 1.11 bits per heavy atom. The minimum atomic E-state index is 0. The van der Waals surface area contributed by atoms with Gasteiger partial charge in [-0.05, 0) is 57.0 Å². The van der Waals surface area contributed by atoms with Crippen LogP contribution in [0.15, 0.2) is 0 Å². The predicted molar refractivity (Wildman–Crippen MR) is 81.6 cm³/mol. The molecule has 0 unspecified atom stereocenters. The lowest BCUT2D eigenvalue weighted by Gasteiger charge is -2.40. The molecule has 1 amide bonds. The summed E-state index contributed by atoms with van der Waals surface area (Å²) in [5.74, 6) is 0.660. The highest BCUT2D eigenvalue weighted by atomic mass is 35.5. The molecule has 0 atom stereocenters. The van der Waals surface area contributed by atoms with E-state index in [1.54, 1.807) is 0 Å². The number of rotatable bonds is 2. The molecule has 2 aliphatic rings. The molecule has 1 aliphatic heterocycles. The Morgan fingerprint density at radius 2 is 1.63 bits per heavy atom. The summed E-state index contributed by atoms with van der Waals surface area (Å²) < 4.78 is 0. The predicted octanol–water partition coefficient (Wildman–Crippen LogP) is 2.84. The van der Waals surface area contributed by atoms with Gasteiger partial charge in [0.1, 0.15) is 0 Å². The van der Waals surface area contributed by atoms with Crippen LogP contribution in [0, 0.1) is 11.3 Å². The van der Waals surface area contributed by atoms with Gasteiger partial charge in [0.2, 0.25) is 5.91 Å². The average molecular weight is 289 g/mol. The maximum atomic E-state index is 12.5. The Hall–Kier alpha value is -0.280. The first-order valence-corrected chi connectivity index (χ1v) is 7.47. The van der Waals surface area contributed by atoms with Crippen LogP contribution in [-0.2, 0) is 4.79 Å². The summed E-state index contributed by atoms with van der Waals surface area (Å²) in [6.45, 7) is 6.69. The van der Waals surface area contributed by atoms with Crippen LogP contribution < -0.4 is 5.32 Å². The summed E-state index contributed by atoms with van der Waals surface area (Å²) in [7, 11) is 2.02. The Labute approximate surface area is 123 Å². The zero-order valence-corrected chi connectivity index (χ0v) is 13.4. The number of nitrogens with one attached hydrogen (secondary N) is 1. The lowest BCUT2D eigenvalue weighted by Crippen LogP contribution is -2.45. The van der Waals surface area contributed by atoms with Crippen LogP contribution in [0.4, 0.5) is 0 Å². The van der Waals surface area contributed by atoms with E-state index < -0.39 is 0 Å². The van der Waals surface area contributed by atoms with Crippen molar-refractivity contribution in [1.82, 2.24) is 10.2 Å². The third-order valence-electron chi connectivity index (χ3n) is 4.89. The van der Waals surface area contributed by atoms with Crippen LogP contribution in [-0.4, -0.2) is 37.0 Å². The van der Waals surface area contributed by atoms with Gasteiger partial charge in [0.25, 0.3) is 0 Å². The molecular formula is C15H29ClN2O. The Bertz CT molecular complexity index is 291. The van der Waals surface area contributed by atoms with Crippen molar-refractivity contribution >= 4 is 18.3 Å². The van der Waals surface area contributed by atoms with Gasteiger partial charge in [-0.25, -0.2) is 0 Å². The Kier molecular flexibility index (Phi) is 6.13. The number of halogens is 1. The van der Waals surface area contributed by atoms with Crippen LogP contribution in [0.2, 0.25) is 0 Å². The SMILES string of the molecule is CN(C(=O)C1CCNCC1)C1CCC(C)(C)CC1.Cl. The van der Waals surface area contributed by atoms with Gasteiger partial charge >= 0.3 is 0 Å². The zero-order valence-electron chi connectivity index (χ0n) is 12.6. The number of hydrogen-bond acceptors (Lipinski definition) is 2. The summed E-state index contributed by atoms with van der Waals surface area (Å²) in [5.41, 5.74) is 0.481. The molecule has 19 heavy (non-hydrogen) atoms. The highest BCUT2D eigenvalue weighted by Gasteiger charge is 2.33. The number of hydrogen-bond donors (Lipinski definition) is 1. The molecule has 1 N–H and O–H groups in total. The Morgan fingerprint density at radius 3 is 2.16 bits per heavy atom. The lowest BCUT2D eigenvalue weighted by atomic mass is 9.75. The first-order valence-electron chi connectivity index (χ1n) is 7.47. The van der Waals surface area contributed by atoms with E-state index in [-0.39, 0.29) is 18.3 Å². The second-order valence-electron chi connectivity index (χ2n) is 6.87. The quantitative estimate of drug-likeness (QED) is 0.847. The smallest absolute Gasteiger partial charge is 0.225 e. The molecule has 0 radical (unpaired) electrons. The largest absolute Gasteiger partial charge is 0.343 e. The molecular weight excluding hydrogens is 260 g/mol. The van der Waals surface area contributed by atoms with Crippen LogP contribution >= 0.6 is 12.4 Å². The maximum Gasteiger partial charge on any atom is 0.225 e. The van der Waals surface area contributed by atoms with E-state index in [4.69, 9.17) is 0 Å². The van der Waals surface area contributed by atoms with Gasteiger partial charge in [0.05, 0.1) is 0 Å². The summed E-state index contributed by atoms with van der Waals surface area (Å²) in [6, 6.07) is 0.486. The van der Waals surface area contributed by atoms with Gasteiger partial charge in [-0.1, -0.05) is 13.8 Å². The van der Waals surface area contributed by atoms with Crippen LogP contribution in [0.5, 0.6) is 0 Å².